The molecular formula is C17H16N2OS2. The van der Waals surface area contributed by atoms with Gasteiger partial charge in [-0.1, -0.05) is 17.8 Å². The van der Waals surface area contributed by atoms with E-state index in [0.717, 1.165) is 24.6 Å². The van der Waals surface area contributed by atoms with Gasteiger partial charge in [0.15, 0.2) is 5.17 Å². The smallest absolute Gasteiger partial charge is 0.168 e. The molecule has 1 aromatic carbocycles. The molecule has 1 aromatic heterocycles. The van der Waals surface area contributed by atoms with Crippen LogP contribution in [0.15, 0.2) is 43.7 Å². The molecule has 0 atom stereocenters. The topological polar surface area (TPSA) is 28.7 Å². The normalized spacial score (nSPS) is 21.0. The minimum atomic E-state index is 0.746. The van der Waals surface area contributed by atoms with Gasteiger partial charge in [-0.15, -0.1) is 11.8 Å². The molecule has 0 spiro atoms. The van der Waals surface area contributed by atoms with Gasteiger partial charge in [0, 0.05) is 22.4 Å². The maximum absolute atomic E-state index is 5.76. The van der Waals surface area contributed by atoms with E-state index in [1.54, 1.807) is 11.8 Å². The van der Waals surface area contributed by atoms with Gasteiger partial charge in [-0.05, 0) is 37.1 Å². The molecule has 1 fully saturated rings. The molecule has 0 saturated heterocycles. The summed E-state index contributed by atoms with van der Waals surface area (Å²) < 4.78 is 5.76. The molecule has 2 aromatic rings. The molecule has 0 bridgehead atoms. The molecule has 3 heterocycles. The highest BCUT2D eigenvalue weighted by atomic mass is 32.2. The third-order valence-electron chi connectivity index (χ3n) is 4.51. The van der Waals surface area contributed by atoms with Crippen LogP contribution >= 0.6 is 23.5 Å². The first-order valence-electron chi connectivity index (χ1n) is 7.65. The summed E-state index contributed by atoms with van der Waals surface area (Å²) in [5, 5.41) is 2.43. The minimum absolute atomic E-state index is 0.746. The van der Waals surface area contributed by atoms with Gasteiger partial charge < -0.3 is 9.32 Å². The van der Waals surface area contributed by atoms with Crippen molar-refractivity contribution < 1.29 is 4.42 Å². The van der Waals surface area contributed by atoms with Gasteiger partial charge in [-0.25, -0.2) is 0 Å². The van der Waals surface area contributed by atoms with E-state index in [1.807, 2.05) is 18.0 Å². The Morgan fingerprint density at radius 2 is 2.23 bits per heavy atom. The first kappa shape index (κ1) is 13.1. The molecule has 112 valence electrons. The number of furan rings is 1. The second kappa shape index (κ2) is 4.83. The Labute approximate surface area is 137 Å². The van der Waals surface area contributed by atoms with Crippen LogP contribution in [0.5, 0.6) is 0 Å². The highest BCUT2D eigenvalue weighted by Gasteiger charge is 2.40. The largest absolute Gasteiger partial charge is 0.463 e. The summed E-state index contributed by atoms with van der Waals surface area (Å²) in [6.45, 7) is 1.93. The lowest BCUT2D eigenvalue weighted by atomic mass is 10.0. The van der Waals surface area contributed by atoms with Crippen LogP contribution in [0.25, 0.3) is 16.7 Å². The standard InChI is InChI=1S/C17H16N2OS2/c1-21-13-5-4-11(12-6-9-20-15(12)13)14-16(10-2-3-10)22-17-18-7-8-19(14)17/h4-6,9-10H,2-3,7-8H2,1H3. The second-order valence-electron chi connectivity index (χ2n) is 5.88. The predicted molar refractivity (Wildman–Crippen MR) is 94.2 cm³/mol. The van der Waals surface area contributed by atoms with Crippen molar-refractivity contribution in [2.75, 3.05) is 19.3 Å². The first-order chi connectivity index (χ1) is 10.9. The SMILES string of the molecule is CSc1ccc(C2=C(C3CC3)SC3=NCCN32)c2ccoc12. The Balaban J connectivity index is 1.74. The number of aliphatic imine (C=N–C) groups is 1. The zero-order valence-electron chi connectivity index (χ0n) is 12.3. The van der Waals surface area contributed by atoms with Crippen molar-refractivity contribution in [2.45, 2.75) is 17.7 Å². The lowest BCUT2D eigenvalue weighted by Gasteiger charge is -2.18. The van der Waals surface area contributed by atoms with E-state index in [1.165, 1.54) is 44.5 Å². The second-order valence-corrected chi connectivity index (χ2v) is 7.74. The average Bonchev–Trinajstić information content (AvgIpc) is 2.97. The van der Waals surface area contributed by atoms with Gasteiger partial charge in [0.2, 0.25) is 0 Å². The van der Waals surface area contributed by atoms with Crippen molar-refractivity contribution in [2.24, 2.45) is 10.9 Å². The zero-order valence-corrected chi connectivity index (χ0v) is 14.0. The Hall–Kier alpha value is -1.33. The molecule has 22 heavy (non-hydrogen) atoms. The lowest BCUT2D eigenvalue weighted by Crippen LogP contribution is -2.20. The third kappa shape index (κ3) is 1.82. The number of allylic oxidation sites excluding steroid dienone is 1. The Morgan fingerprint density at radius 1 is 1.32 bits per heavy atom. The van der Waals surface area contributed by atoms with Crippen LogP contribution in [0.3, 0.4) is 0 Å². The molecule has 1 saturated carbocycles. The van der Waals surface area contributed by atoms with Gasteiger partial charge in [0.1, 0.15) is 5.58 Å². The molecule has 2 aliphatic heterocycles. The summed E-state index contributed by atoms with van der Waals surface area (Å²) in [4.78, 5) is 9.82. The van der Waals surface area contributed by atoms with Gasteiger partial charge in [-0.2, -0.15) is 0 Å². The fourth-order valence-electron chi connectivity index (χ4n) is 3.31. The van der Waals surface area contributed by atoms with E-state index in [9.17, 15) is 0 Å². The van der Waals surface area contributed by atoms with Crippen LogP contribution in [0.2, 0.25) is 0 Å². The van der Waals surface area contributed by atoms with E-state index in [0.29, 0.717) is 0 Å². The highest BCUT2D eigenvalue weighted by Crippen LogP contribution is 2.53. The monoisotopic (exact) mass is 328 g/mol. The van der Waals surface area contributed by atoms with Crippen molar-refractivity contribution in [1.82, 2.24) is 4.90 Å². The third-order valence-corrected chi connectivity index (χ3v) is 6.55. The Kier molecular flexibility index (Phi) is 2.89. The highest BCUT2D eigenvalue weighted by molar-refractivity contribution is 8.17. The fourth-order valence-corrected chi connectivity index (χ4v) is 5.22. The number of thioether (sulfide) groups is 2. The van der Waals surface area contributed by atoms with Crippen LogP contribution in [0, 0.1) is 5.92 Å². The van der Waals surface area contributed by atoms with Crippen molar-refractivity contribution in [3.05, 3.63) is 34.9 Å². The number of hydrogen-bond donors (Lipinski definition) is 0. The van der Waals surface area contributed by atoms with Crippen LogP contribution in [0.4, 0.5) is 0 Å². The van der Waals surface area contributed by atoms with Crippen molar-refractivity contribution in [3.8, 4) is 0 Å². The van der Waals surface area contributed by atoms with Crippen LogP contribution in [0.1, 0.15) is 18.4 Å². The van der Waals surface area contributed by atoms with Crippen molar-refractivity contribution >= 4 is 45.4 Å². The molecule has 0 amide bonds. The van der Waals surface area contributed by atoms with E-state index < -0.39 is 0 Å². The summed E-state index contributed by atoms with van der Waals surface area (Å²) in [7, 11) is 0. The summed E-state index contributed by atoms with van der Waals surface area (Å²) in [5.74, 6) is 0.746. The summed E-state index contributed by atoms with van der Waals surface area (Å²) >= 11 is 3.64. The molecule has 3 nitrogen and oxygen atoms in total. The summed E-state index contributed by atoms with van der Waals surface area (Å²) in [5.41, 5.74) is 3.72. The van der Waals surface area contributed by atoms with Crippen molar-refractivity contribution in [1.29, 1.82) is 0 Å². The molecular weight excluding hydrogens is 312 g/mol. The molecule has 0 N–H and O–H groups in total. The van der Waals surface area contributed by atoms with Gasteiger partial charge in [-0.3, -0.25) is 4.99 Å². The van der Waals surface area contributed by atoms with Crippen molar-refractivity contribution in [3.63, 3.8) is 0 Å². The fraction of sp³-hybridized carbons (Fsp3) is 0.353. The van der Waals surface area contributed by atoms with E-state index in [2.05, 4.69) is 34.3 Å². The van der Waals surface area contributed by atoms with E-state index >= 15 is 0 Å². The van der Waals surface area contributed by atoms with Gasteiger partial charge in [0.05, 0.1) is 23.4 Å². The lowest BCUT2D eigenvalue weighted by molar-refractivity contribution is 0.608. The minimum Gasteiger partial charge on any atom is -0.463 e. The van der Waals surface area contributed by atoms with Crippen LogP contribution < -0.4 is 0 Å². The molecule has 1 aliphatic carbocycles. The number of hydrogen-bond acceptors (Lipinski definition) is 5. The summed E-state index contributed by atoms with van der Waals surface area (Å²) in [6.07, 6.45) is 6.56. The van der Waals surface area contributed by atoms with E-state index in [4.69, 9.17) is 4.42 Å². The molecule has 0 radical (unpaired) electrons. The quantitative estimate of drug-likeness (QED) is 0.767. The first-order valence-corrected chi connectivity index (χ1v) is 9.69. The average molecular weight is 328 g/mol. The number of fused-ring (bicyclic) bond motifs is 2. The van der Waals surface area contributed by atoms with E-state index in [-0.39, 0.29) is 0 Å². The zero-order chi connectivity index (χ0) is 14.7. The van der Waals surface area contributed by atoms with Gasteiger partial charge in [0.25, 0.3) is 0 Å². The van der Waals surface area contributed by atoms with Crippen LogP contribution in [-0.2, 0) is 0 Å². The maximum Gasteiger partial charge on any atom is 0.168 e. The Bertz CT molecular complexity index is 832. The molecule has 5 rings (SSSR count). The predicted octanol–water partition coefficient (Wildman–Crippen LogP) is 4.65. The summed E-state index contributed by atoms with van der Waals surface area (Å²) in [6, 6.07) is 6.57. The molecule has 5 heteroatoms. The Morgan fingerprint density at radius 3 is 3.05 bits per heavy atom. The number of amidine groups is 1. The number of benzene rings is 1. The molecule has 0 unspecified atom stereocenters. The maximum atomic E-state index is 5.76. The van der Waals surface area contributed by atoms with Crippen LogP contribution in [-0.4, -0.2) is 29.4 Å². The number of nitrogens with zero attached hydrogens (tertiary/aromatic N) is 2. The number of rotatable bonds is 3. The molecule has 3 aliphatic rings. The van der Waals surface area contributed by atoms with Gasteiger partial charge >= 0.3 is 0 Å².